The monoisotopic (exact) mass is 248 g/mol. The lowest BCUT2D eigenvalue weighted by atomic mass is 10.1. The highest BCUT2D eigenvalue weighted by molar-refractivity contribution is 5.70. The molecule has 96 valence electrons. The number of anilines is 1. The number of carboxylic acids is 1. The first-order valence-electron chi connectivity index (χ1n) is 5.89. The van der Waals surface area contributed by atoms with E-state index in [0.717, 1.165) is 17.0 Å². The van der Waals surface area contributed by atoms with E-state index in [-0.39, 0.29) is 0 Å². The normalized spacial score (nSPS) is 12.6. The summed E-state index contributed by atoms with van der Waals surface area (Å²) in [6.45, 7) is 4.21. The van der Waals surface area contributed by atoms with Crippen LogP contribution in [0.1, 0.15) is 18.9 Å². The van der Waals surface area contributed by atoms with Crippen LogP contribution in [0.25, 0.3) is 5.65 Å². The van der Waals surface area contributed by atoms with Crippen molar-refractivity contribution in [2.24, 2.45) is 5.92 Å². The van der Waals surface area contributed by atoms with Gasteiger partial charge in [-0.05, 0) is 31.0 Å². The van der Waals surface area contributed by atoms with Gasteiger partial charge in [-0.2, -0.15) is 9.61 Å². The van der Waals surface area contributed by atoms with Crippen molar-refractivity contribution >= 4 is 17.4 Å². The third kappa shape index (κ3) is 2.42. The van der Waals surface area contributed by atoms with E-state index in [4.69, 9.17) is 5.11 Å². The summed E-state index contributed by atoms with van der Waals surface area (Å²) in [5.41, 5.74) is 1.81. The second-order valence-electron chi connectivity index (χ2n) is 4.27. The molecule has 2 aromatic heterocycles. The van der Waals surface area contributed by atoms with Gasteiger partial charge in [-0.3, -0.25) is 4.79 Å². The number of carboxylic acid groups (broad SMARTS) is 1. The predicted molar refractivity (Wildman–Crippen MR) is 67.6 cm³/mol. The summed E-state index contributed by atoms with van der Waals surface area (Å²) in [5.74, 6) is -0.418. The number of pyridine rings is 1. The Bertz CT molecular complexity index is 564. The van der Waals surface area contributed by atoms with Crippen LogP contribution in [0.15, 0.2) is 18.5 Å². The van der Waals surface area contributed by atoms with Gasteiger partial charge in [0.25, 0.3) is 0 Å². The smallest absolute Gasteiger partial charge is 0.308 e. The second-order valence-corrected chi connectivity index (χ2v) is 4.27. The Kier molecular flexibility index (Phi) is 3.45. The van der Waals surface area contributed by atoms with Gasteiger partial charge in [0.05, 0.1) is 5.92 Å². The first-order valence-corrected chi connectivity index (χ1v) is 5.89. The number of aromatic nitrogens is 3. The molecule has 0 saturated carbocycles. The number of hydrogen-bond donors (Lipinski definition) is 2. The topological polar surface area (TPSA) is 79.5 Å². The molecule has 0 aromatic carbocycles. The Morgan fingerprint density at radius 2 is 2.33 bits per heavy atom. The molecule has 2 heterocycles. The van der Waals surface area contributed by atoms with Crippen LogP contribution in [-0.4, -0.2) is 32.2 Å². The Labute approximate surface area is 105 Å². The van der Waals surface area contributed by atoms with E-state index in [1.165, 1.54) is 6.33 Å². The first-order chi connectivity index (χ1) is 8.61. The summed E-state index contributed by atoms with van der Waals surface area (Å²) in [6, 6.07) is 3.85. The van der Waals surface area contributed by atoms with Crippen molar-refractivity contribution in [3.05, 3.63) is 24.0 Å². The standard InChI is InChI=1S/C12H16N4O2/c1-3-9(12(17)18)6-13-10-4-8(2)5-11-14-7-15-16(10)11/h4-5,7,9,13H,3,6H2,1-2H3,(H,17,18). The SMILES string of the molecule is CCC(CNc1cc(C)cc2ncnn12)C(=O)O. The summed E-state index contributed by atoms with van der Waals surface area (Å²) < 4.78 is 1.67. The zero-order valence-corrected chi connectivity index (χ0v) is 10.4. The van der Waals surface area contributed by atoms with Gasteiger partial charge in [-0.1, -0.05) is 6.92 Å². The Morgan fingerprint density at radius 1 is 1.56 bits per heavy atom. The number of fused-ring (bicyclic) bond motifs is 1. The Morgan fingerprint density at radius 3 is 3.00 bits per heavy atom. The zero-order valence-electron chi connectivity index (χ0n) is 10.4. The molecule has 6 nitrogen and oxygen atoms in total. The van der Waals surface area contributed by atoms with Crippen LogP contribution in [0.5, 0.6) is 0 Å². The fourth-order valence-corrected chi connectivity index (χ4v) is 1.82. The highest BCUT2D eigenvalue weighted by atomic mass is 16.4. The molecule has 0 aliphatic rings. The summed E-state index contributed by atoms with van der Waals surface area (Å²) in [4.78, 5) is 15.1. The van der Waals surface area contributed by atoms with E-state index in [2.05, 4.69) is 15.4 Å². The lowest BCUT2D eigenvalue weighted by molar-refractivity contribution is -0.141. The molecule has 2 rings (SSSR count). The van der Waals surface area contributed by atoms with Gasteiger partial charge in [-0.25, -0.2) is 4.98 Å². The number of hydrogen-bond acceptors (Lipinski definition) is 4. The largest absolute Gasteiger partial charge is 0.481 e. The number of nitrogens with zero attached hydrogens (tertiary/aromatic N) is 3. The summed E-state index contributed by atoms with van der Waals surface area (Å²) >= 11 is 0. The molecule has 0 radical (unpaired) electrons. The molecule has 0 fully saturated rings. The van der Waals surface area contributed by atoms with Crippen molar-refractivity contribution in [1.82, 2.24) is 14.6 Å². The molecule has 0 saturated heterocycles. The summed E-state index contributed by atoms with van der Waals surface area (Å²) in [5, 5.41) is 16.2. The highest BCUT2D eigenvalue weighted by Crippen LogP contribution is 2.14. The molecular weight excluding hydrogens is 232 g/mol. The number of rotatable bonds is 5. The van der Waals surface area contributed by atoms with Crippen molar-refractivity contribution in [2.75, 3.05) is 11.9 Å². The van der Waals surface area contributed by atoms with E-state index in [1.54, 1.807) is 4.52 Å². The molecule has 2 N–H and O–H groups in total. The maximum atomic E-state index is 11.0. The Hall–Kier alpha value is -2.11. The number of aliphatic carboxylic acids is 1. The van der Waals surface area contributed by atoms with Crippen LogP contribution in [0.3, 0.4) is 0 Å². The molecular formula is C12H16N4O2. The fourth-order valence-electron chi connectivity index (χ4n) is 1.82. The van der Waals surface area contributed by atoms with Gasteiger partial charge in [0, 0.05) is 6.54 Å². The number of carbonyl (C=O) groups is 1. The van der Waals surface area contributed by atoms with Crippen molar-refractivity contribution in [3.63, 3.8) is 0 Å². The molecule has 1 atom stereocenters. The molecule has 0 amide bonds. The van der Waals surface area contributed by atoms with Gasteiger partial charge in [0.2, 0.25) is 0 Å². The van der Waals surface area contributed by atoms with Gasteiger partial charge in [0.15, 0.2) is 5.65 Å². The van der Waals surface area contributed by atoms with E-state index in [9.17, 15) is 4.79 Å². The lowest BCUT2D eigenvalue weighted by Crippen LogP contribution is -2.23. The van der Waals surface area contributed by atoms with E-state index >= 15 is 0 Å². The van der Waals surface area contributed by atoms with Gasteiger partial charge >= 0.3 is 5.97 Å². The minimum Gasteiger partial charge on any atom is -0.481 e. The zero-order chi connectivity index (χ0) is 13.1. The highest BCUT2D eigenvalue weighted by Gasteiger charge is 2.15. The molecule has 6 heteroatoms. The maximum absolute atomic E-state index is 11.0. The maximum Gasteiger partial charge on any atom is 0.308 e. The molecule has 18 heavy (non-hydrogen) atoms. The predicted octanol–water partition coefficient (Wildman–Crippen LogP) is 1.56. The van der Waals surface area contributed by atoms with Crippen molar-refractivity contribution < 1.29 is 9.90 Å². The van der Waals surface area contributed by atoms with Crippen LogP contribution in [-0.2, 0) is 4.79 Å². The van der Waals surface area contributed by atoms with Crippen LogP contribution in [0.2, 0.25) is 0 Å². The number of aryl methyl sites for hydroxylation is 1. The second kappa shape index (κ2) is 5.03. The summed E-state index contributed by atoms with van der Waals surface area (Å²) in [7, 11) is 0. The molecule has 0 spiro atoms. The molecule has 2 aromatic rings. The average molecular weight is 248 g/mol. The summed E-state index contributed by atoms with van der Waals surface area (Å²) in [6.07, 6.45) is 2.07. The van der Waals surface area contributed by atoms with Gasteiger partial charge < -0.3 is 10.4 Å². The van der Waals surface area contributed by atoms with E-state index < -0.39 is 11.9 Å². The third-order valence-corrected chi connectivity index (χ3v) is 2.90. The lowest BCUT2D eigenvalue weighted by Gasteiger charge is -2.13. The van der Waals surface area contributed by atoms with Crippen molar-refractivity contribution in [1.29, 1.82) is 0 Å². The van der Waals surface area contributed by atoms with Gasteiger partial charge in [-0.15, -0.1) is 0 Å². The molecule has 0 bridgehead atoms. The Balaban J connectivity index is 2.21. The first kappa shape index (κ1) is 12.3. The minimum atomic E-state index is -0.785. The van der Waals surface area contributed by atoms with Crippen molar-refractivity contribution in [2.45, 2.75) is 20.3 Å². The van der Waals surface area contributed by atoms with Crippen LogP contribution in [0.4, 0.5) is 5.82 Å². The van der Waals surface area contributed by atoms with E-state index in [0.29, 0.717) is 13.0 Å². The van der Waals surface area contributed by atoms with Crippen LogP contribution < -0.4 is 5.32 Å². The van der Waals surface area contributed by atoms with Crippen LogP contribution in [0, 0.1) is 12.8 Å². The molecule has 1 unspecified atom stereocenters. The van der Waals surface area contributed by atoms with Crippen LogP contribution >= 0.6 is 0 Å². The third-order valence-electron chi connectivity index (χ3n) is 2.90. The molecule has 0 aliphatic carbocycles. The number of nitrogens with one attached hydrogen (secondary N) is 1. The van der Waals surface area contributed by atoms with Gasteiger partial charge in [0.1, 0.15) is 12.1 Å². The van der Waals surface area contributed by atoms with E-state index in [1.807, 2.05) is 26.0 Å². The minimum absolute atomic E-state index is 0.379. The fraction of sp³-hybridized carbons (Fsp3) is 0.417. The van der Waals surface area contributed by atoms with Crippen molar-refractivity contribution in [3.8, 4) is 0 Å². The molecule has 0 aliphatic heterocycles. The quantitative estimate of drug-likeness (QED) is 0.839. The average Bonchev–Trinajstić information content (AvgIpc) is 2.77.